The molecular formula is C7H7N3O4. The average Bonchev–Trinajstić information content (AvgIpc) is 2.49. The number of nitro groups is 1. The van der Waals surface area contributed by atoms with Crippen LogP contribution in [0.5, 0.6) is 0 Å². The molecule has 0 fully saturated rings. The van der Waals surface area contributed by atoms with Gasteiger partial charge < -0.3 is 15.2 Å². The van der Waals surface area contributed by atoms with Crippen molar-refractivity contribution in [2.45, 2.75) is 6.54 Å². The van der Waals surface area contributed by atoms with E-state index in [9.17, 15) is 14.9 Å². The van der Waals surface area contributed by atoms with E-state index in [0.29, 0.717) is 0 Å². The SMILES string of the molecule is C=CCn1nc([N+](=O)[O-])cc1C(=O)O. The second kappa shape index (κ2) is 3.69. The van der Waals surface area contributed by atoms with Gasteiger partial charge in [0.1, 0.15) is 0 Å². The number of aromatic nitrogens is 2. The highest BCUT2D eigenvalue weighted by atomic mass is 16.6. The van der Waals surface area contributed by atoms with Crippen LogP contribution in [0.3, 0.4) is 0 Å². The van der Waals surface area contributed by atoms with Crippen molar-refractivity contribution < 1.29 is 14.8 Å². The standard InChI is InChI=1S/C7H7N3O4/c1-2-3-9-5(7(11)12)4-6(8-9)10(13)14/h2,4H,1,3H2,(H,11,12). The first-order valence-electron chi connectivity index (χ1n) is 3.62. The summed E-state index contributed by atoms with van der Waals surface area (Å²) >= 11 is 0. The third-order valence-electron chi connectivity index (χ3n) is 1.48. The largest absolute Gasteiger partial charge is 0.476 e. The second-order valence-electron chi connectivity index (χ2n) is 2.42. The Balaban J connectivity index is 3.18. The molecule has 1 rings (SSSR count). The maximum Gasteiger partial charge on any atom is 0.390 e. The van der Waals surface area contributed by atoms with Crippen molar-refractivity contribution >= 4 is 11.8 Å². The number of carboxylic acid groups (broad SMARTS) is 1. The van der Waals surface area contributed by atoms with E-state index in [2.05, 4.69) is 11.7 Å². The number of carbonyl (C=O) groups is 1. The van der Waals surface area contributed by atoms with Gasteiger partial charge >= 0.3 is 11.8 Å². The van der Waals surface area contributed by atoms with Crippen LogP contribution in [-0.4, -0.2) is 25.8 Å². The van der Waals surface area contributed by atoms with E-state index in [4.69, 9.17) is 5.11 Å². The fourth-order valence-electron chi connectivity index (χ4n) is 0.926. The monoisotopic (exact) mass is 197 g/mol. The minimum absolute atomic E-state index is 0.121. The van der Waals surface area contributed by atoms with Crippen molar-refractivity contribution in [1.29, 1.82) is 0 Å². The first-order chi connectivity index (χ1) is 6.56. The fourth-order valence-corrected chi connectivity index (χ4v) is 0.926. The van der Waals surface area contributed by atoms with Gasteiger partial charge in [0, 0.05) is 0 Å². The summed E-state index contributed by atoms with van der Waals surface area (Å²) in [5.74, 6) is -1.74. The summed E-state index contributed by atoms with van der Waals surface area (Å²) < 4.78 is 1.01. The molecule has 0 saturated heterocycles. The van der Waals surface area contributed by atoms with Crippen LogP contribution in [-0.2, 0) is 6.54 Å². The maximum atomic E-state index is 10.6. The van der Waals surface area contributed by atoms with Gasteiger partial charge in [-0.15, -0.1) is 6.58 Å². The highest BCUT2D eigenvalue weighted by Gasteiger charge is 2.21. The average molecular weight is 197 g/mol. The van der Waals surface area contributed by atoms with E-state index in [1.54, 1.807) is 0 Å². The zero-order chi connectivity index (χ0) is 10.7. The van der Waals surface area contributed by atoms with Crippen LogP contribution in [0.25, 0.3) is 0 Å². The van der Waals surface area contributed by atoms with Gasteiger partial charge in [-0.3, -0.25) is 0 Å². The normalized spacial score (nSPS) is 9.71. The van der Waals surface area contributed by atoms with Gasteiger partial charge in [0.2, 0.25) is 0 Å². The molecule has 0 aliphatic heterocycles. The lowest BCUT2D eigenvalue weighted by Gasteiger charge is -1.92. The number of hydrogen-bond donors (Lipinski definition) is 1. The molecule has 0 saturated carbocycles. The summed E-state index contributed by atoms with van der Waals surface area (Å²) in [6.07, 6.45) is 1.41. The molecule has 1 aromatic rings. The van der Waals surface area contributed by atoms with Crippen LogP contribution in [0.1, 0.15) is 10.5 Å². The number of allylic oxidation sites excluding steroid dienone is 1. The van der Waals surface area contributed by atoms with Crippen molar-refractivity contribution in [2.75, 3.05) is 0 Å². The summed E-state index contributed by atoms with van der Waals surface area (Å²) in [7, 11) is 0. The molecule has 14 heavy (non-hydrogen) atoms. The molecule has 0 aliphatic rings. The van der Waals surface area contributed by atoms with Gasteiger partial charge in [-0.05, 0) is 4.92 Å². The Kier molecular flexibility index (Phi) is 2.61. The molecule has 7 nitrogen and oxygen atoms in total. The molecule has 1 aromatic heterocycles. The zero-order valence-electron chi connectivity index (χ0n) is 7.08. The lowest BCUT2D eigenvalue weighted by Crippen LogP contribution is -2.08. The molecule has 0 amide bonds. The molecule has 0 aromatic carbocycles. The van der Waals surface area contributed by atoms with Crippen molar-refractivity contribution in [1.82, 2.24) is 9.78 Å². The lowest BCUT2D eigenvalue weighted by atomic mass is 10.4. The van der Waals surface area contributed by atoms with Gasteiger partial charge in [-0.1, -0.05) is 6.08 Å². The first-order valence-corrected chi connectivity index (χ1v) is 3.62. The van der Waals surface area contributed by atoms with Gasteiger partial charge in [0.25, 0.3) is 0 Å². The molecular weight excluding hydrogens is 190 g/mol. The van der Waals surface area contributed by atoms with Crippen LogP contribution in [0.4, 0.5) is 5.82 Å². The van der Waals surface area contributed by atoms with Crippen molar-refractivity contribution in [2.24, 2.45) is 0 Å². The Morgan fingerprint density at radius 2 is 2.50 bits per heavy atom. The number of carboxylic acids is 1. The first kappa shape index (κ1) is 9.90. The minimum Gasteiger partial charge on any atom is -0.476 e. The van der Waals surface area contributed by atoms with Crippen LogP contribution in [0.15, 0.2) is 18.7 Å². The Morgan fingerprint density at radius 3 is 2.93 bits per heavy atom. The Bertz CT molecular complexity index is 396. The van der Waals surface area contributed by atoms with Crippen LogP contribution < -0.4 is 0 Å². The molecule has 0 spiro atoms. The second-order valence-corrected chi connectivity index (χ2v) is 2.42. The van der Waals surface area contributed by atoms with Crippen LogP contribution >= 0.6 is 0 Å². The predicted molar refractivity (Wildman–Crippen MR) is 46.0 cm³/mol. The van der Waals surface area contributed by atoms with E-state index in [1.807, 2.05) is 0 Å². The smallest absolute Gasteiger partial charge is 0.390 e. The maximum absolute atomic E-state index is 10.6. The molecule has 1 N–H and O–H groups in total. The highest BCUT2D eigenvalue weighted by molar-refractivity contribution is 5.86. The summed E-state index contributed by atoms with van der Waals surface area (Å²) in [5.41, 5.74) is -0.225. The van der Waals surface area contributed by atoms with E-state index in [-0.39, 0.29) is 12.2 Å². The minimum atomic E-state index is -1.26. The summed E-state index contributed by atoms with van der Waals surface area (Å²) in [4.78, 5) is 20.2. The summed E-state index contributed by atoms with van der Waals surface area (Å²) in [6, 6.07) is 0.909. The Labute approximate surface area is 78.4 Å². The third kappa shape index (κ3) is 1.76. The van der Waals surface area contributed by atoms with E-state index < -0.39 is 16.7 Å². The summed E-state index contributed by atoms with van der Waals surface area (Å²) in [5, 5.41) is 22.5. The van der Waals surface area contributed by atoms with Crippen LogP contribution in [0, 0.1) is 10.1 Å². The van der Waals surface area contributed by atoms with Crippen molar-refractivity contribution in [3.63, 3.8) is 0 Å². The highest BCUT2D eigenvalue weighted by Crippen LogP contribution is 2.11. The third-order valence-corrected chi connectivity index (χ3v) is 1.48. The van der Waals surface area contributed by atoms with E-state index in [1.165, 1.54) is 6.08 Å². The zero-order valence-corrected chi connectivity index (χ0v) is 7.08. The molecule has 1 heterocycles. The number of aromatic carboxylic acids is 1. The molecule has 74 valence electrons. The molecule has 0 bridgehead atoms. The number of rotatable bonds is 4. The van der Waals surface area contributed by atoms with E-state index >= 15 is 0 Å². The molecule has 7 heteroatoms. The molecule has 0 unspecified atom stereocenters. The molecule has 0 atom stereocenters. The van der Waals surface area contributed by atoms with Crippen molar-refractivity contribution in [3.05, 3.63) is 34.5 Å². The van der Waals surface area contributed by atoms with Gasteiger partial charge in [0.05, 0.1) is 17.7 Å². The van der Waals surface area contributed by atoms with E-state index in [0.717, 1.165) is 10.7 Å². The Hall–Kier alpha value is -2.18. The lowest BCUT2D eigenvalue weighted by molar-refractivity contribution is -0.389. The predicted octanol–water partition coefficient (Wildman–Crippen LogP) is 0.675. The quantitative estimate of drug-likeness (QED) is 0.434. The fraction of sp³-hybridized carbons (Fsp3) is 0.143. The van der Waals surface area contributed by atoms with Gasteiger partial charge in [0.15, 0.2) is 5.69 Å². The number of nitrogens with zero attached hydrogens (tertiary/aromatic N) is 3. The van der Waals surface area contributed by atoms with Gasteiger partial charge in [-0.25, -0.2) is 4.79 Å². The number of hydrogen-bond acceptors (Lipinski definition) is 4. The topological polar surface area (TPSA) is 98.3 Å². The Morgan fingerprint density at radius 1 is 1.86 bits per heavy atom. The molecule has 0 radical (unpaired) electrons. The molecule has 0 aliphatic carbocycles. The van der Waals surface area contributed by atoms with Gasteiger partial charge in [-0.2, -0.15) is 4.68 Å². The van der Waals surface area contributed by atoms with Crippen LogP contribution in [0.2, 0.25) is 0 Å². The van der Waals surface area contributed by atoms with Crippen molar-refractivity contribution in [3.8, 4) is 0 Å². The summed E-state index contributed by atoms with van der Waals surface area (Å²) in [6.45, 7) is 3.51.